The van der Waals surface area contributed by atoms with E-state index in [-0.39, 0.29) is 0 Å². The number of aromatic nitrogens is 2. The Hall–Kier alpha value is -2.36. The molecule has 1 aliphatic rings. The van der Waals surface area contributed by atoms with E-state index in [1.54, 1.807) is 6.20 Å². The first-order valence-corrected chi connectivity index (χ1v) is 8.47. The van der Waals surface area contributed by atoms with Gasteiger partial charge in [-0.25, -0.2) is 4.98 Å². The molecule has 0 unspecified atom stereocenters. The molecule has 6 heteroatoms. The van der Waals surface area contributed by atoms with E-state index in [1.165, 1.54) is 5.56 Å². The van der Waals surface area contributed by atoms with Gasteiger partial charge >= 0.3 is 0 Å². The Kier molecular flexibility index (Phi) is 5.47. The third-order valence-electron chi connectivity index (χ3n) is 3.59. The van der Waals surface area contributed by atoms with Crippen molar-refractivity contribution in [3.8, 4) is 12.3 Å². The van der Waals surface area contributed by atoms with Gasteiger partial charge in [0.25, 0.3) is 0 Å². The maximum absolute atomic E-state index is 5.28. The van der Waals surface area contributed by atoms with Gasteiger partial charge in [-0.15, -0.1) is 6.42 Å². The molecule has 2 heterocycles. The topological polar surface area (TPSA) is 53.1 Å². The Labute approximate surface area is 150 Å². The fraction of sp³-hybridized carbons (Fsp3) is 0.222. The molecule has 5 nitrogen and oxygen atoms in total. The lowest BCUT2D eigenvalue weighted by Gasteiger charge is -2.15. The van der Waals surface area contributed by atoms with E-state index in [0.717, 1.165) is 29.8 Å². The van der Waals surface area contributed by atoms with Crippen molar-refractivity contribution < 1.29 is 0 Å². The predicted molar refractivity (Wildman–Crippen MR) is 101 cm³/mol. The molecule has 0 radical (unpaired) electrons. The van der Waals surface area contributed by atoms with E-state index in [9.17, 15) is 0 Å². The van der Waals surface area contributed by atoms with E-state index < -0.39 is 0 Å². The first-order valence-electron chi connectivity index (χ1n) is 7.68. The van der Waals surface area contributed by atoms with Crippen LogP contribution in [0.2, 0.25) is 0 Å². The van der Waals surface area contributed by atoms with Gasteiger partial charge in [0.2, 0.25) is 5.95 Å². The first kappa shape index (κ1) is 16.5. The second-order valence-electron chi connectivity index (χ2n) is 5.44. The molecule has 0 fully saturated rings. The molecule has 0 saturated heterocycles. The second-order valence-corrected chi connectivity index (χ2v) is 6.29. The summed E-state index contributed by atoms with van der Waals surface area (Å²) in [5.41, 5.74) is 2.22. The van der Waals surface area contributed by atoms with E-state index in [4.69, 9.17) is 6.42 Å². The summed E-state index contributed by atoms with van der Waals surface area (Å²) in [5.74, 6) is 3.73. The second kappa shape index (κ2) is 7.95. The number of anilines is 3. The monoisotopic (exact) mass is 383 g/mol. The number of rotatable bonds is 6. The molecule has 0 spiro atoms. The number of terminal acetylenes is 1. The van der Waals surface area contributed by atoms with Crippen molar-refractivity contribution in [1.82, 2.24) is 14.9 Å². The molecular weight excluding hydrogens is 366 g/mol. The zero-order chi connectivity index (χ0) is 16.8. The molecule has 2 N–H and O–H groups in total. The van der Waals surface area contributed by atoms with E-state index in [1.807, 2.05) is 12.1 Å². The van der Waals surface area contributed by atoms with Crippen molar-refractivity contribution in [2.75, 3.05) is 30.3 Å². The molecule has 0 saturated carbocycles. The van der Waals surface area contributed by atoms with Gasteiger partial charge in [0.1, 0.15) is 5.82 Å². The molecule has 0 bridgehead atoms. The lowest BCUT2D eigenvalue weighted by atomic mass is 10.2. The fourth-order valence-electron chi connectivity index (χ4n) is 2.47. The van der Waals surface area contributed by atoms with Crippen LogP contribution in [0.5, 0.6) is 0 Å². The Bertz CT molecular complexity index is 773. The van der Waals surface area contributed by atoms with Crippen LogP contribution in [-0.2, 0) is 6.54 Å². The van der Waals surface area contributed by atoms with Gasteiger partial charge in [0.15, 0.2) is 0 Å². The average Bonchev–Trinajstić information content (AvgIpc) is 3.09. The van der Waals surface area contributed by atoms with Crippen LogP contribution in [0.25, 0.3) is 0 Å². The van der Waals surface area contributed by atoms with Crippen LogP contribution in [-0.4, -0.2) is 34.5 Å². The molecular formula is C18H18BrN5. The Balaban J connectivity index is 1.70. The van der Waals surface area contributed by atoms with Crippen molar-refractivity contribution in [2.45, 2.75) is 6.54 Å². The summed E-state index contributed by atoms with van der Waals surface area (Å²) in [4.78, 5) is 11.1. The highest BCUT2D eigenvalue weighted by molar-refractivity contribution is 9.10. The number of nitrogens with zero attached hydrogens (tertiary/aromatic N) is 3. The van der Waals surface area contributed by atoms with Gasteiger partial charge in [-0.05, 0) is 33.6 Å². The maximum atomic E-state index is 5.28. The van der Waals surface area contributed by atoms with Crippen LogP contribution in [0.3, 0.4) is 0 Å². The van der Waals surface area contributed by atoms with Gasteiger partial charge < -0.3 is 10.6 Å². The summed E-state index contributed by atoms with van der Waals surface area (Å²) in [6.07, 6.45) is 11.4. The molecule has 2 aromatic rings. The third-order valence-corrected chi connectivity index (χ3v) is 4.17. The molecule has 24 heavy (non-hydrogen) atoms. The molecule has 1 aromatic carbocycles. The fourth-order valence-corrected chi connectivity index (χ4v) is 2.80. The van der Waals surface area contributed by atoms with Crippen LogP contribution in [0.4, 0.5) is 17.5 Å². The summed E-state index contributed by atoms with van der Waals surface area (Å²) in [7, 11) is 0. The lowest BCUT2D eigenvalue weighted by molar-refractivity contribution is 0.345. The Morgan fingerprint density at radius 1 is 1.29 bits per heavy atom. The normalized spacial score (nSPS) is 13.7. The standard InChI is InChI=1S/C18H18BrN5/c1-2-8-20-17-16(19)12-21-18(23-17)22-15-7-5-6-14(11-15)13-24-9-3-4-10-24/h1,3-7,11-12H,8-10,13H2,(H2,20,21,22,23). The molecule has 1 aliphatic heterocycles. The zero-order valence-corrected chi connectivity index (χ0v) is 14.8. The van der Waals surface area contributed by atoms with Crippen LogP contribution >= 0.6 is 15.9 Å². The van der Waals surface area contributed by atoms with Crippen molar-refractivity contribution >= 4 is 33.4 Å². The Morgan fingerprint density at radius 2 is 2.12 bits per heavy atom. The van der Waals surface area contributed by atoms with Crippen LogP contribution in [0.1, 0.15) is 5.56 Å². The summed E-state index contributed by atoms with van der Waals surface area (Å²) < 4.78 is 0.776. The molecule has 0 aliphatic carbocycles. The molecule has 0 amide bonds. The smallest absolute Gasteiger partial charge is 0.229 e. The van der Waals surface area contributed by atoms with Gasteiger partial charge in [-0.2, -0.15) is 4.98 Å². The SMILES string of the molecule is C#CCNc1nc(Nc2cccc(CN3CC=CC3)c2)ncc1Br. The average molecular weight is 384 g/mol. The quantitative estimate of drug-likeness (QED) is 0.591. The maximum Gasteiger partial charge on any atom is 0.229 e. The minimum atomic E-state index is 0.411. The summed E-state index contributed by atoms with van der Waals surface area (Å²) in [5, 5.41) is 6.31. The van der Waals surface area contributed by atoms with Crippen LogP contribution in [0.15, 0.2) is 47.1 Å². The minimum absolute atomic E-state index is 0.411. The predicted octanol–water partition coefficient (Wildman–Crippen LogP) is 3.40. The lowest BCUT2D eigenvalue weighted by Crippen LogP contribution is -2.19. The highest BCUT2D eigenvalue weighted by Crippen LogP contribution is 2.22. The first-order chi connectivity index (χ1) is 11.7. The summed E-state index contributed by atoms with van der Waals surface area (Å²) in [6.45, 7) is 3.36. The van der Waals surface area contributed by atoms with Crippen molar-refractivity contribution in [3.05, 3.63) is 52.7 Å². The molecule has 122 valence electrons. The van der Waals surface area contributed by atoms with Crippen molar-refractivity contribution in [3.63, 3.8) is 0 Å². The highest BCUT2D eigenvalue weighted by Gasteiger charge is 2.08. The van der Waals surface area contributed by atoms with Crippen LogP contribution < -0.4 is 10.6 Å². The number of halogens is 1. The number of hydrogen-bond donors (Lipinski definition) is 2. The Morgan fingerprint density at radius 3 is 2.92 bits per heavy atom. The largest absolute Gasteiger partial charge is 0.358 e. The molecule has 0 atom stereocenters. The summed E-state index contributed by atoms with van der Waals surface area (Å²) >= 11 is 3.41. The summed E-state index contributed by atoms with van der Waals surface area (Å²) in [6, 6.07) is 8.30. The third kappa shape index (κ3) is 4.34. The highest BCUT2D eigenvalue weighted by atomic mass is 79.9. The van der Waals surface area contributed by atoms with Gasteiger partial charge in [0.05, 0.1) is 11.0 Å². The zero-order valence-electron chi connectivity index (χ0n) is 13.2. The van der Waals surface area contributed by atoms with Gasteiger partial charge in [-0.3, -0.25) is 4.90 Å². The van der Waals surface area contributed by atoms with E-state index in [2.05, 4.69) is 71.6 Å². The number of nitrogens with one attached hydrogen (secondary N) is 2. The van der Waals surface area contributed by atoms with Crippen molar-refractivity contribution in [2.24, 2.45) is 0 Å². The van der Waals surface area contributed by atoms with E-state index in [0.29, 0.717) is 18.3 Å². The van der Waals surface area contributed by atoms with E-state index >= 15 is 0 Å². The van der Waals surface area contributed by atoms with Crippen molar-refractivity contribution in [1.29, 1.82) is 0 Å². The number of benzene rings is 1. The minimum Gasteiger partial charge on any atom is -0.358 e. The molecule has 3 rings (SSSR count). The van der Waals surface area contributed by atoms with Gasteiger partial charge in [0, 0.05) is 31.5 Å². The molecule has 1 aromatic heterocycles. The van der Waals surface area contributed by atoms with Crippen LogP contribution in [0, 0.1) is 12.3 Å². The number of hydrogen-bond acceptors (Lipinski definition) is 5. The van der Waals surface area contributed by atoms with Gasteiger partial charge in [-0.1, -0.05) is 30.2 Å².